The largest absolute Gasteiger partial charge is 0.459 e. The van der Waals surface area contributed by atoms with Gasteiger partial charge in [0.1, 0.15) is 24.6 Å². The SMILES string of the molecule is Brc1ccc(-c2cnc(COCc3cc4ccccc4o3)o2)cc1. The molecule has 0 aliphatic carbocycles. The average Bonchev–Trinajstić information content (AvgIpc) is 3.22. The van der Waals surface area contributed by atoms with E-state index in [1.807, 2.05) is 54.6 Å². The van der Waals surface area contributed by atoms with E-state index in [2.05, 4.69) is 20.9 Å². The highest BCUT2D eigenvalue weighted by Gasteiger charge is 2.08. The van der Waals surface area contributed by atoms with E-state index in [-0.39, 0.29) is 0 Å². The van der Waals surface area contributed by atoms with Crippen LogP contribution in [-0.2, 0) is 18.0 Å². The molecule has 5 heteroatoms. The first-order chi connectivity index (χ1) is 11.8. The molecule has 4 nitrogen and oxygen atoms in total. The van der Waals surface area contributed by atoms with Crippen LogP contribution in [0.1, 0.15) is 11.7 Å². The minimum Gasteiger partial charge on any atom is -0.459 e. The molecule has 0 fully saturated rings. The zero-order valence-corrected chi connectivity index (χ0v) is 14.3. The summed E-state index contributed by atoms with van der Waals surface area (Å²) < 4.78 is 18.1. The van der Waals surface area contributed by atoms with Crippen molar-refractivity contribution in [3.8, 4) is 11.3 Å². The van der Waals surface area contributed by atoms with Gasteiger partial charge in [0.2, 0.25) is 5.89 Å². The number of aromatic nitrogens is 1. The van der Waals surface area contributed by atoms with E-state index in [0.29, 0.717) is 19.1 Å². The molecule has 24 heavy (non-hydrogen) atoms. The number of hydrogen-bond donors (Lipinski definition) is 0. The summed E-state index contributed by atoms with van der Waals surface area (Å²) in [5.41, 5.74) is 1.85. The first-order valence-corrected chi connectivity index (χ1v) is 8.33. The summed E-state index contributed by atoms with van der Waals surface area (Å²) in [5.74, 6) is 2.06. The Hall–Kier alpha value is -2.37. The van der Waals surface area contributed by atoms with E-state index in [1.165, 1.54) is 0 Å². The molecule has 0 spiro atoms. The van der Waals surface area contributed by atoms with Gasteiger partial charge in [-0.05, 0) is 24.3 Å². The molecule has 0 saturated carbocycles. The van der Waals surface area contributed by atoms with Crippen molar-refractivity contribution < 1.29 is 13.6 Å². The first-order valence-electron chi connectivity index (χ1n) is 7.54. The van der Waals surface area contributed by atoms with Crippen molar-refractivity contribution in [3.63, 3.8) is 0 Å². The van der Waals surface area contributed by atoms with Crippen molar-refractivity contribution in [2.24, 2.45) is 0 Å². The highest BCUT2D eigenvalue weighted by atomic mass is 79.9. The van der Waals surface area contributed by atoms with Gasteiger partial charge in [0.15, 0.2) is 5.76 Å². The quantitative estimate of drug-likeness (QED) is 0.452. The zero-order valence-electron chi connectivity index (χ0n) is 12.7. The third-order valence-electron chi connectivity index (χ3n) is 3.63. The van der Waals surface area contributed by atoms with Crippen molar-refractivity contribution >= 4 is 26.9 Å². The maximum atomic E-state index is 5.72. The van der Waals surface area contributed by atoms with E-state index >= 15 is 0 Å². The van der Waals surface area contributed by atoms with Crippen LogP contribution >= 0.6 is 15.9 Å². The molecule has 0 N–H and O–H groups in total. The summed E-state index contributed by atoms with van der Waals surface area (Å²) in [4.78, 5) is 4.25. The molecule has 0 saturated heterocycles. The lowest BCUT2D eigenvalue weighted by atomic mass is 10.2. The van der Waals surface area contributed by atoms with E-state index in [4.69, 9.17) is 13.6 Å². The smallest absolute Gasteiger partial charge is 0.220 e. The maximum absolute atomic E-state index is 5.72. The Bertz CT molecular complexity index is 923. The Labute approximate surface area is 147 Å². The molecule has 0 unspecified atom stereocenters. The minimum absolute atomic E-state index is 0.299. The molecular formula is C19H14BrNO3. The molecule has 120 valence electrons. The summed E-state index contributed by atoms with van der Waals surface area (Å²) in [5, 5.41) is 1.07. The lowest BCUT2D eigenvalue weighted by Gasteiger charge is -1.99. The van der Waals surface area contributed by atoms with E-state index in [1.54, 1.807) is 6.20 Å². The number of oxazole rings is 1. The fourth-order valence-electron chi connectivity index (χ4n) is 2.47. The van der Waals surface area contributed by atoms with Gasteiger partial charge in [-0.3, -0.25) is 0 Å². The Morgan fingerprint density at radius 3 is 2.62 bits per heavy atom. The maximum Gasteiger partial charge on any atom is 0.220 e. The summed E-state index contributed by atoms with van der Waals surface area (Å²) in [6.07, 6.45) is 1.71. The molecule has 0 bridgehead atoms. The topological polar surface area (TPSA) is 48.4 Å². The first kappa shape index (κ1) is 15.2. The predicted molar refractivity (Wildman–Crippen MR) is 94.3 cm³/mol. The van der Waals surface area contributed by atoms with Gasteiger partial charge >= 0.3 is 0 Å². The van der Waals surface area contributed by atoms with Crippen molar-refractivity contribution in [3.05, 3.63) is 76.9 Å². The summed E-state index contributed by atoms with van der Waals surface area (Å²) >= 11 is 3.42. The fraction of sp³-hybridized carbons (Fsp3) is 0.105. The lowest BCUT2D eigenvalue weighted by Crippen LogP contribution is -1.92. The molecule has 2 aromatic heterocycles. The van der Waals surface area contributed by atoms with Crippen LogP contribution in [-0.4, -0.2) is 4.98 Å². The van der Waals surface area contributed by atoms with E-state index in [0.717, 1.165) is 32.5 Å². The fourth-order valence-corrected chi connectivity index (χ4v) is 2.74. The van der Waals surface area contributed by atoms with Crippen LogP contribution in [0.2, 0.25) is 0 Å². The molecule has 4 aromatic rings. The van der Waals surface area contributed by atoms with Crippen LogP contribution in [0.15, 0.2) is 74.1 Å². The predicted octanol–water partition coefficient (Wildman–Crippen LogP) is 5.57. The van der Waals surface area contributed by atoms with Gasteiger partial charge in [-0.2, -0.15) is 0 Å². The number of halogens is 1. The summed E-state index contributed by atoms with van der Waals surface area (Å²) in [7, 11) is 0. The number of fused-ring (bicyclic) bond motifs is 1. The molecule has 4 rings (SSSR count). The number of benzene rings is 2. The second kappa shape index (κ2) is 6.63. The highest BCUT2D eigenvalue weighted by Crippen LogP contribution is 2.23. The van der Waals surface area contributed by atoms with Gasteiger partial charge in [-0.15, -0.1) is 0 Å². The molecule has 0 aliphatic rings. The molecule has 2 heterocycles. The van der Waals surface area contributed by atoms with Gasteiger partial charge in [-0.1, -0.05) is 46.3 Å². The molecule has 0 radical (unpaired) electrons. The minimum atomic E-state index is 0.299. The Morgan fingerprint density at radius 1 is 0.958 bits per heavy atom. The number of rotatable bonds is 5. The number of furan rings is 1. The molecule has 0 atom stereocenters. The van der Waals surface area contributed by atoms with Crippen molar-refractivity contribution in [2.45, 2.75) is 13.2 Å². The summed E-state index contributed by atoms with van der Waals surface area (Å²) in [6.45, 7) is 0.679. The highest BCUT2D eigenvalue weighted by molar-refractivity contribution is 9.10. The second-order valence-electron chi connectivity index (χ2n) is 5.37. The van der Waals surface area contributed by atoms with E-state index in [9.17, 15) is 0 Å². The van der Waals surface area contributed by atoms with Crippen LogP contribution in [0.4, 0.5) is 0 Å². The van der Waals surface area contributed by atoms with Gasteiger partial charge in [0.05, 0.1) is 6.20 Å². The Morgan fingerprint density at radius 2 is 1.79 bits per heavy atom. The van der Waals surface area contributed by atoms with Gasteiger partial charge in [-0.25, -0.2) is 4.98 Å². The van der Waals surface area contributed by atoms with Crippen molar-refractivity contribution in [1.82, 2.24) is 4.98 Å². The third kappa shape index (κ3) is 3.27. The monoisotopic (exact) mass is 383 g/mol. The lowest BCUT2D eigenvalue weighted by molar-refractivity contribution is 0.0786. The van der Waals surface area contributed by atoms with Gasteiger partial charge in [0.25, 0.3) is 0 Å². The Balaban J connectivity index is 1.38. The van der Waals surface area contributed by atoms with E-state index < -0.39 is 0 Å². The van der Waals surface area contributed by atoms with Crippen molar-refractivity contribution in [2.75, 3.05) is 0 Å². The average molecular weight is 384 g/mol. The summed E-state index contributed by atoms with van der Waals surface area (Å²) in [6, 6.07) is 17.8. The second-order valence-corrected chi connectivity index (χ2v) is 6.28. The molecular weight excluding hydrogens is 370 g/mol. The zero-order chi connectivity index (χ0) is 16.4. The van der Waals surface area contributed by atoms with Crippen LogP contribution in [0.25, 0.3) is 22.3 Å². The van der Waals surface area contributed by atoms with Gasteiger partial charge in [0, 0.05) is 15.4 Å². The molecule has 0 amide bonds. The standard InChI is InChI=1S/C19H14BrNO3/c20-15-7-5-13(6-8-15)18-10-21-19(24-18)12-22-11-16-9-14-3-1-2-4-17(14)23-16/h1-10H,11-12H2. The van der Waals surface area contributed by atoms with Gasteiger partial charge < -0.3 is 13.6 Å². The Kier molecular flexibility index (Phi) is 4.19. The normalized spacial score (nSPS) is 11.2. The number of para-hydroxylation sites is 1. The van der Waals surface area contributed by atoms with Crippen molar-refractivity contribution in [1.29, 1.82) is 0 Å². The third-order valence-corrected chi connectivity index (χ3v) is 4.16. The molecule has 0 aliphatic heterocycles. The van der Waals surface area contributed by atoms with Crippen LogP contribution in [0.3, 0.4) is 0 Å². The van der Waals surface area contributed by atoms with Crippen LogP contribution in [0.5, 0.6) is 0 Å². The number of hydrogen-bond acceptors (Lipinski definition) is 4. The number of nitrogens with zero attached hydrogens (tertiary/aromatic N) is 1. The number of ether oxygens (including phenoxy) is 1. The van der Waals surface area contributed by atoms with Crippen LogP contribution < -0.4 is 0 Å². The molecule has 2 aromatic carbocycles. The van der Waals surface area contributed by atoms with Crippen LogP contribution in [0, 0.1) is 0 Å².